The van der Waals surface area contributed by atoms with Gasteiger partial charge in [-0.2, -0.15) is 0 Å². The molecule has 1 amide bonds. The van der Waals surface area contributed by atoms with E-state index >= 15 is 0 Å². The number of methoxy groups -OCH3 is 2. The van der Waals surface area contributed by atoms with E-state index in [0.717, 1.165) is 30.5 Å². The fourth-order valence-corrected chi connectivity index (χ4v) is 5.10. The van der Waals surface area contributed by atoms with Gasteiger partial charge in [0.05, 0.1) is 25.0 Å². The first-order valence-electron chi connectivity index (χ1n) is 17.4. The fraction of sp³-hybridized carbons (Fsp3) is 0.450. The monoisotopic (exact) mass is 926 g/mol. The number of carboxylic acids is 1. The number of nitrogens with zero attached hydrogens (tertiary/aromatic N) is 2. The molecule has 2 aromatic carbocycles. The van der Waals surface area contributed by atoms with Crippen LogP contribution >= 0.6 is 44.3 Å². The Balaban J connectivity index is 0.000000469. The van der Waals surface area contributed by atoms with E-state index < -0.39 is 34.9 Å². The van der Waals surface area contributed by atoms with Crippen molar-refractivity contribution in [2.75, 3.05) is 27.4 Å². The second-order valence-corrected chi connectivity index (χ2v) is 16.5. The van der Waals surface area contributed by atoms with Gasteiger partial charge >= 0.3 is 17.9 Å². The van der Waals surface area contributed by atoms with Crippen molar-refractivity contribution in [1.82, 2.24) is 15.3 Å². The average Bonchev–Trinajstić information content (AvgIpc) is 3.14. The number of benzene rings is 2. The zero-order valence-electron chi connectivity index (χ0n) is 33.3. The van der Waals surface area contributed by atoms with Crippen molar-refractivity contribution < 1.29 is 43.2 Å². The van der Waals surface area contributed by atoms with Crippen molar-refractivity contribution in [2.24, 2.45) is 28.4 Å². The van der Waals surface area contributed by atoms with Crippen LogP contribution in [0.2, 0.25) is 0 Å². The van der Waals surface area contributed by atoms with E-state index in [1.807, 2.05) is 70.2 Å². The molecule has 0 aliphatic carbocycles. The lowest BCUT2D eigenvalue weighted by molar-refractivity contribution is -0.148. The smallest absolute Gasteiger partial charge is 0.328 e. The Hall–Kier alpha value is -4.05. The van der Waals surface area contributed by atoms with Crippen LogP contribution in [-0.4, -0.2) is 78.4 Å². The maximum absolute atomic E-state index is 12.7. The molecule has 13 nitrogen and oxygen atoms in total. The van der Waals surface area contributed by atoms with Crippen molar-refractivity contribution >= 4 is 89.6 Å². The Morgan fingerprint density at radius 1 is 0.714 bits per heavy atom. The number of aliphatic carboxylic acids is 1. The molecular formula is C40H53Br2ClN4O9. The summed E-state index contributed by atoms with van der Waals surface area (Å²) < 4.78 is 22.4. The minimum absolute atomic E-state index is 0. The molecule has 2 atom stereocenters. The standard InChI is InChI=1S/C20H25BrN2O4.C14H14BrNO3.C6H13NO2.ClH/c1-12(2)17(18(24)26-5)23-19(25)20(3,4)11-27-16-9-14-8-15(21)7-6-13(14)10-22-16;1-14(2,13(17)18)8-19-12-6-10-5-11(15)4-3-9(10)7-16-12;1-4(2)5(7)6(8)9-3;/h6-10,12,17H,11H2,1-5H3,(H,23,25);3-7H,8H2,1-2H3,(H,17,18);4-5H,7H2,1-3H3;1H/t17-;;5-;/m0.0./s1. The van der Waals surface area contributed by atoms with Crippen molar-refractivity contribution in [3.8, 4) is 11.8 Å². The van der Waals surface area contributed by atoms with Crippen molar-refractivity contribution in [1.29, 1.82) is 0 Å². The molecule has 4 N–H and O–H groups in total. The lowest BCUT2D eigenvalue weighted by Crippen LogP contribution is -2.51. The van der Waals surface area contributed by atoms with Crippen LogP contribution in [0.15, 0.2) is 69.9 Å². The van der Waals surface area contributed by atoms with E-state index in [-0.39, 0.29) is 49.3 Å². The van der Waals surface area contributed by atoms with Crippen molar-refractivity contribution in [2.45, 2.75) is 67.5 Å². The van der Waals surface area contributed by atoms with Crippen molar-refractivity contribution in [3.63, 3.8) is 0 Å². The minimum Gasteiger partial charge on any atom is -0.481 e. The predicted octanol–water partition coefficient (Wildman–Crippen LogP) is 7.77. The normalized spacial score (nSPS) is 12.2. The summed E-state index contributed by atoms with van der Waals surface area (Å²) >= 11 is 6.85. The summed E-state index contributed by atoms with van der Waals surface area (Å²) in [5, 5.41) is 15.8. The van der Waals surface area contributed by atoms with Gasteiger partial charge in [-0.05, 0) is 74.6 Å². The zero-order valence-corrected chi connectivity index (χ0v) is 37.3. The number of carbonyl (C=O) groups excluding carboxylic acids is 3. The van der Waals surface area contributed by atoms with Gasteiger partial charge < -0.3 is 35.1 Å². The summed E-state index contributed by atoms with van der Waals surface area (Å²) in [6, 6.07) is 14.2. The molecule has 308 valence electrons. The van der Waals surface area contributed by atoms with Crippen molar-refractivity contribution in [3.05, 3.63) is 69.9 Å². The molecule has 0 saturated carbocycles. The van der Waals surface area contributed by atoms with Crippen LogP contribution < -0.4 is 20.5 Å². The molecule has 56 heavy (non-hydrogen) atoms. The highest BCUT2D eigenvalue weighted by Gasteiger charge is 2.34. The van der Waals surface area contributed by atoms with Gasteiger partial charge in [-0.15, -0.1) is 12.4 Å². The second-order valence-electron chi connectivity index (χ2n) is 14.7. The summed E-state index contributed by atoms with van der Waals surface area (Å²) in [4.78, 5) is 54.6. The van der Waals surface area contributed by atoms with Crippen LogP contribution in [0.4, 0.5) is 0 Å². The molecule has 2 heterocycles. The molecule has 0 unspecified atom stereocenters. The van der Waals surface area contributed by atoms with Gasteiger partial charge in [0.25, 0.3) is 0 Å². The van der Waals surface area contributed by atoms with E-state index in [1.54, 1.807) is 46.2 Å². The summed E-state index contributed by atoms with van der Waals surface area (Å²) in [7, 11) is 2.65. The van der Waals surface area contributed by atoms with Gasteiger partial charge in [-0.25, -0.2) is 14.8 Å². The first-order chi connectivity index (χ1) is 25.6. The van der Waals surface area contributed by atoms with Crippen LogP contribution in [0, 0.1) is 22.7 Å². The number of nitrogens with one attached hydrogen (secondary N) is 1. The van der Waals surface area contributed by atoms with Crippen LogP contribution in [-0.2, 0) is 28.7 Å². The van der Waals surface area contributed by atoms with Gasteiger partial charge in [-0.1, -0.05) is 71.7 Å². The molecule has 4 aromatic rings. The number of hydrogen-bond donors (Lipinski definition) is 3. The Bertz CT molecular complexity index is 1940. The van der Waals surface area contributed by atoms with E-state index in [0.29, 0.717) is 11.8 Å². The first kappa shape index (κ1) is 50.0. The van der Waals surface area contributed by atoms with Gasteiger partial charge in [0.1, 0.15) is 25.3 Å². The lowest BCUT2D eigenvalue weighted by atomic mass is 9.92. The average molecular weight is 929 g/mol. The number of nitrogens with two attached hydrogens (primary N) is 1. The van der Waals surface area contributed by atoms with Crippen LogP contribution in [0.1, 0.15) is 55.4 Å². The van der Waals surface area contributed by atoms with Gasteiger partial charge in [0, 0.05) is 44.2 Å². The molecular weight excluding hydrogens is 876 g/mol. The number of rotatable bonds is 13. The largest absolute Gasteiger partial charge is 0.481 e. The van der Waals surface area contributed by atoms with Crippen LogP contribution in [0.3, 0.4) is 0 Å². The molecule has 0 bridgehead atoms. The summed E-state index contributed by atoms with van der Waals surface area (Å²) in [5.41, 5.74) is 3.61. The van der Waals surface area contributed by atoms with Crippen LogP contribution in [0.5, 0.6) is 11.8 Å². The molecule has 16 heteroatoms. The van der Waals surface area contributed by atoms with Gasteiger partial charge in [0.2, 0.25) is 17.7 Å². The van der Waals surface area contributed by atoms with E-state index in [2.05, 4.69) is 51.9 Å². The number of carbonyl (C=O) groups is 4. The van der Waals surface area contributed by atoms with E-state index in [4.69, 9.17) is 25.1 Å². The number of ether oxygens (including phenoxy) is 4. The number of carboxylic acid groups (broad SMARTS) is 1. The number of esters is 2. The molecule has 0 spiro atoms. The maximum Gasteiger partial charge on any atom is 0.328 e. The summed E-state index contributed by atoms with van der Waals surface area (Å²) in [5.74, 6) is -1.04. The Morgan fingerprint density at radius 2 is 1.14 bits per heavy atom. The highest BCUT2D eigenvalue weighted by molar-refractivity contribution is 9.10. The Morgan fingerprint density at radius 3 is 1.50 bits per heavy atom. The zero-order chi connectivity index (χ0) is 41.7. The second kappa shape index (κ2) is 22.6. The summed E-state index contributed by atoms with van der Waals surface area (Å²) in [6.07, 6.45) is 3.45. The number of aromatic nitrogens is 2. The van der Waals surface area contributed by atoms with Gasteiger partial charge in [0.15, 0.2) is 0 Å². The molecule has 0 saturated heterocycles. The highest BCUT2D eigenvalue weighted by atomic mass is 79.9. The summed E-state index contributed by atoms with van der Waals surface area (Å²) in [6.45, 7) is 14.4. The predicted molar refractivity (Wildman–Crippen MR) is 226 cm³/mol. The minimum atomic E-state index is -0.937. The SMILES string of the molecule is CC(C)(COc1cc2cc(Br)ccc2cn1)C(=O)O.COC(=O)[C@@H](N)C(C)C.COC(=O)[C@@H](NC(=O)C(C)(C)COc1cc2cc(Br)ccc2cn1)C(C)C.Cl. The molecule has 4 rings (SSSR count). The number of hydrogen-bond acceptors (Lipinski definition) is 11. The highest BCUT2D eigenvalue weighted by Crippen LogP contribution is 2.26. The fourth-order valence-electron chi connectivity index (χ4n) is 4.35. The third-order valence-electron chi connectivity index (χ3n) is 8.27. The molecule has 0 radical (unpaired) electrons. The van der Waals surface area contributed by atoms with E-state index in [1.165, 1.54) is 14.2 Å². The number of pyridine rings is 2. The Labute approximate surface area is 351 Å². The topological polar surface area (TPSA) is 189 Å². The lowest BCUT2D eigenvalue weighted by Gasteiger charge is -2.27. The Kier molecular flexibility index (Phi) is 20.2. The maximum atomic E-state index is 12.7. The number of halogens is 3. The molecule has 0 aliphatic rings. The molecule has 2 aromatic heterocycles. The quantitative estimate of drug-likeness (QED) is 0.111. The number of fused-ring (bicyclic) bond motifs is 2. The third-order valence-corrected chi connectivity index (χ3v) is 9.26. The molecule has 0 fully saturated rings. The first-order valence-corrected chi connectivity index (χ1v) is 19.0. The van der Waals surface area contributed by atoms with E-state index in [9.17, 15) is 19.2 Å². The third kappa shape index (κ3) is 15.5. The molecule has 0 aliphatic heterocycles. The number of amides is 1. The van der Waals surface area contributed by atoms with Crippen LogP contribution in [0.25, 0.3) is 21.5 Å². The van der Waals surface area contributed by atoms with Gasteiger partial charge in [-0.3, -0.25) is 14.4 Å².